The summed E-state index contributed by atoms with van der Waals surface area (Å²) in [6.45, 7) is 3.62. The molecule has 0 bridgehead atoms. The highest BCUT2D eigenvalue weighted by molar-refractivity contribution is 5.76. The van der Waals surface area contributed by atoms with Crippen LogP contribution in [0.5, 0.6) is 0 Å². The molecule has 2 unspecified atom stereocenters. The van der Waals surface area contributed by atoms with Gasteiger partial charge in [-0.2, -0.15) is 0 Å². The van der Waals surface area contributed by atoms with E-state index in [9.17, 15) is 4.79 Å². The lowest BCUT2D eigenvalue weighted by Gasteiger charge is -2.19. The summed E-state index contributed by atoms with van der Waals surface area (Å²) in [5, 5.41) is 3.05. The molecule has 1 aromatic carbocycles. The van der Waals surface area contributed by atoms with E-state index in [0.29, 0.717) is 18.8 Å². The van der Waals surface area contributed by atoms with E-state index >= 15 is 0 Å². The van der Waals surface area contributed by atoms with Crippen molar-refractivity contribution in [1.29, 1.82) is 0 Å². The van der Waals surface area contributed by atoms with Crippen LogP contribution in [0.3, 0.4) is 0 Å². The summed E-state index contributed by atoms with van der Waals surface area (Å²) in [5.41, 5.74) is 7.65. The average Bonchev–Trinajstić information content (AvgIpc) is 2.91. The van der Waals surface area contributed by atoms with Gasteiger partial charge in [-0.3, -0.25) is 4.79 Å². The van der Waals surface area contributed by atoms with E-state index in [1.165, 1.54) is 0 Å². The molecular weight excluding hydrogens is 240 g/mol. The zero-order chi connectivity index (χ0) is 13.7. The Morgan fingerprint density at radius 1 is 1.53 bits per heavy atom. The van der Waals surface area contributed by atoms with Crippen molar-refractivity contribution in [3.63, 3.8) is 0 Å². The topological polar surface area (TPSA) is 64.4 Å². The molecule has 1 saturated heterocycles. The Morgan fingerprint density at radius 2 is 2.32 bits per heavy atom. The van der Waals surface area contributed by atoms with Gasteiger partial charge < -0.3 is 15.8 Å². The second-order valence-corrected chi connectivity index (χ2v) is 5.18. The SMILES string of the molecule is CC(NC(=O)CCc1ccccc1N)C1CCOC1. The van der Waals surface area contributed by atoms with Gasteiger partial charge in [-0.15, -0.1) is 0 Å². The summed E-state index contributed by atoms with van der Waals surface area (Å²) in [7, 11) is 0. The molecule has 1 aliphatic rings. The summed E-state index contributed by atoms with van der Waals surface area (Å²) in [4.78, 5) is 11.9. The monoisotopic (exact) mass is 262 g/mol. The first-order valence-electron chi connectivity index (χ1n) is 6.87. The number of para-hydroxylation sites is 1. The Labute approximate surface area is 114 Å². The minimum atomic E-state index is 0.0858. The molecule has 2 rings (SSSR count). The molecule has 0 spiro atoms. The van der Waals surface area contributed by atoms with Crippen molar-refractivity contribution in [1.82, 2.24) is 5.32 Å². The van der Waals surface area contributed by atoms with Gasteiger partial charge in [0.15, 0.2) is 0 Å². The van der Waals surface area contributed by atoms with E-state index in [1.807, 2.05) is 31.2 Å². The maximum Gasteiger partial charge on any atom is 0.220 e. The van der Waals surface area contributed by atoms with Gasteiger partial charge >= 0.3 is 0 Å². The highest BCUT2D eigenvalue weighted by atomic mass is 16.5. The van der Waals surface area contributed by atoms with Crippen LogP contribution in [0.25, 0.3) is 0 Å². The van der Waals surface area contributed by atoms with Gasteiger partial charge in [0.05, 0.1) is 6.61 Å². The molecule has 1 fully saturated rings. The number of rotatable bonds is 5. The largest absolute Gasteiger partial charge is 0.399 e. The Hall–Kier alpha value is -1.55. The molecule has 1 aliphatic heterocycles. The number of carbonyl (C=O) groups excluding carboxylic acids is 1. The number of anilines is 1. The predicted molar refractivity (Wildman–Crippen MR) is 75.7 cm³/mol. The summed E-state index contributed by atoms with van der Waals surface area (Å²) in [5.74, 6) is 0.536. The Kier molecular flexibility index (Phi) is 4.80. The Balaban J connectivity index is 1.77. The highest BCUT2D eigenvalue weighted by Gasteiger charge is 2.23. The number of nitrogens with one attached hydrogen (secondary N) is 1. The molecule has 4 nitrogen and oxygen atoms in total. The number of carbonyl (C=O) groups is 1. The molecular formula is C15H22N2O2. The average molecular weight is 262 g/mol. The molecule has 4 heteroatoms. The molecule has 3 N–H and O–H groups in total. The lowest BCUT2D eigenvalue weighted by Crippen LogP contribution is -2.38. The second kappa shape index (κ2) is 6.57. The van der Waals surface area contributed by atoms with Gasteiger partial charge in [0, 0.05) is 30.7 Å². The van der Waals surface area contributed by atoms with Gasteiger partial charge in [-0.25, -0.2) is 0 Å². The fraction of sp³-hybridized carbons (Fsp3) is 0.533. The summed E-state index contributed by atoms with van der Waals surface area (Å²) in [6.07, 6.45) is 2.20. The zero-order valence-corrected chi connectivity index (χ0v) is 11.4. The first-order chi connectivity index (χ1) is 9.16. The number of nitrogens with two attached hydrogens (primary N) is 1. The van der Waals surface area contributed by atoms with Crippen molar-refractivity contribution < 1.29 is 9.53 Å². The fourth-order valence-electron chi connectivity index (χ4n) is 2.40. The molecule has 104 valence electrons. The number of hydrogen-bond acceptors (Lipinski definition) is 3. The van der Waals surface area contributed by atoms with E-state index in [0.717, 1.165) is 30.9 Å². The van der Waals surface area contributed by atoms with E-state index in [2.05, 4.69) is 5.32 Å². The minimum Gasteiger partial charge on any atom is -0.399 e. The number of amides is 1. The van der Waals surface area contributed by atoms with E-state index in [-0.39, 0.29) is 11.9 Å². The molecule has 19 heavy (non-hydrogen) atoms. The molecule has 0 aromatic heterocycles. The normalized spacial score (nSPS) is 20.2. The third-order valence-corrected chi connectivity index (χ3v) is 3.74. The van der Waals surface area contributed by atoms with E-state index in [1.54, 1.807) is 0 Å². The summed E-state index contributed by atoms with van der Waals surface area (Å²) in [6, 6.07) is 7.87. The second-order valence-electron chi connectivity index (χ2n) is 5.18. The van der Waals surface area contributed by atoms with Crippen molar-refractivity contribution in [2.75, 3.05) is 18.9 Å². The number of ether oxygens (including phenoxy) is 1. The number of hydrogen-bond donors (Lipinski definition) is 2. The molecule has 0 saturated carbocycles. The number of aryl methyl sites for hydroxylation is 1. The highest BCUT2D eigenvalue weighted by Crippen LogP contribution is 2.17. The Morgan fingerprint density at radius 3 is 3.00 bits per heavy atom. The third kappa shape index (κ3) is 3.96. The maximum atomic E-state index is 11.9. The fourth-order valence-corrected chi connectivity index (χ4v) is 2.40. The lowest BCUT2D eigenvalue weighted by atomic mass is 10.0. The minimum absolute atomic E-state index is 0.0858. The number of nitrogen functional groups attached to an aromatic ring is 1. The van der Waals surface area contributed by atoms with Crippen molar-refractivity contribution >= 4 is 11.6 Å². The van der Waals surface area contributed by atoms with Crippen molar-refractivity contribution in [3.8, 4) is 0 Å². The standard InChI is InChI=1S/C15H22N2O2/c1-11(13-8-9-19-10-13)17-15(18)7-6-12-4-2-3-5-14(12)16/h2-5,11,13H,6-10,16H2,1H3,(H,17,18). The van der Waals surface area contributed by atoms with Crippen LogP contribution < -0.4 is 11.1 Å². The van der Waals surface area contributed by atoms with E-state index in [4.69, 9.17) is 10.5 Å². The lowest BCUT2D eigenvalue weighted by molar-refractivity contribution is -0.122. The molecule has 1 heterocycles. The van der Waals surface area contributed by atoms with Crippen LogP contribution in [0.15, 0.2) is 24.3 Å². The van der Waals surface area contributed by atoms with Crippen LogP contribution in [0, 0.1) is 5.92 Å². The summed E-state index contributed by atoms with van der Waals surface area (Å²) < 4.78 is 5.34. The molecule has 0 radical (unpaired) electrons. The van der Waals surface area contributed by atoms with Gasteiger partial charge in [0.2, 0.25) is 5.91 Å². The van der Waals surface area contributed by atoms with Crippen LogP contribution >= 0.6 is 0 Å². The predicted octanol–water partition coefficient (Wildman–Crippen LogP) is 1.74. The maximum absolute atomic E-state index is 11.9. The first kappa shape index (κ1) is 13.9. The van der Waals surface area contributed by atoms with Crippen molar-refractivity contribution in [3.05, 3.63) is 29.8 Å². The quantitative estimate of drug-likeness (QED) is 0.794. The van der Waals surface area contributed by atoms with Crippen molar-refractivity contribution in [2.24, 2.45) is 5.92 Å². The van der Waals surface area contributed by atoms with Crippen LogP contribution in [0.1, 0.15) is 25.3 Å². The molecule has 0 aliphatic carbocycles. The Bertz CT molecular complexity index is 428. The van der Waals surface area contributed by atoms with Gasteiger partial charge in [-0.05, 0) is 31.4 Å². The summed E-state index contributed by atoms with van der Waals surface area (Å²) >= 11 is 0. The molecule has 1 amide bonds. The zero-order valence-electron chi connectivity index (χ0n) is 11.4. The van der Waals surface area contributed by atoms with Gasteiger partial charge in [0.25, 0.3) is 0 Å². The van der Waals surface area contributed by atoms with Crippen LogP contribution in [-0.2, 0) is 16.0 Å². The molecule has 1 aromatic rings. The number of benzene rings is 1. The first-order valence-corrected chi connectivity index (χ1v) is 6.87. The van der Waals surface area contributed by atoms with E-state index < -0.39 is 0 Å². The third-order valence-electron chi connectivity index (χ3n) is 3.74. The molecule has 2 atom stereocenters. The van der Waals surface area contributed by atoms with Crippen LogP contribution in [0.2, 0.25) is 0 Å². The van der Waals surface area contributed by atoms with Crippen LogP contribution in [0.4, 0.5) is 5.69 Å². The van der Waals surface area contributed by atoms with Crippen molar-refractivity contribution in [2.45, 2.75) is 32.2 Å². The smallest absolute Gasteiger partial charge is 0.220 e. The van der Waals surface area contributed by atoms with Gasteiger partial charge in [-0.1, -0.05) is 18.2 Å². The van der Waals surface area contributed by atoms with Gasteiger partial charge in [0.1, 0.15) is 0 Å². The van der Waals surface area contributed by atoms with Crippen LogP contribution in [-0.4, -0.2) is 25.2 Å².